The smallest absolute Gasteiger partial charge is 0.319 e. The second-order valence-electron chi connectivity index (χ2n) is 4.73. The predicted octanol–water partition coefficient (Wildman–Crippen LogP) is 2.19. The minimum atomic E-state index is -0.334. The Bertz CT molecular complexity index is 502. The van der Waals surface area contributed by atoms with Crippen LogP contribution in [0.2, 0.25) is 0 Å². The third-order valence-electron chi connectivity index (χ3n) is 3.14. The minimum Gasteiger partial charge on any atom is -0.396 e. The van der Waals surface area contributed by atoms with Gasteiger partial charge in [-0.05, 0) is 37.1 Å². The molecule has 0 bridgehead atoms. The van der Waals surface area contributed by atoms with Crippen molar-refractivity contribution in [1.29, 1.82) is 0 Å². The van der Waals surface area contributed by atoms with Crippen LogP contribution in [0.5, 0.6) is 0 Å². The van der Waals surface area contributed by atoms with Gasteiger partial charge >= 0.3 is 6.03 Å². The van der Waals surface area contributed by atoms with Crippen molar-refractivity contribution in [3.05, 3.63) is 41.7 Å². The molecule has 2 atom stereocenters. The molecule has 0 aromatic heterocycles. The summed E-state index contributed by atoms with van der Waals surface area (Å²) in [7, 11) is 0. The van der Waals surface area contributed by atoms with Gasteiger partial charge in [-0.1, -0.05) is 12.2 Å². The molecule has 2 amide bonds. The molecule has 0 aliphatic heterocycles. The van der Waals surface area contributed by atoms with E-state index >= 15 is 0 Å². The predicted molar refractivity (Wildman–Crippen MR) is 71.4 cm³/mol. The largest absolute Gasteiger partial charge is 0.396 e. The van der Waals surface area contributed by atoms with Gasteiger partial charge in [0.25, 0.3) is 0 Å². The van der Waals surface area contributed by atoms with Gasteiger partial charge in [-0.2, -0.15) is 0 Å². The summed E-state index contributed by atoms with van der Waals surface area (Å²) >= 11 is 0. The lowest BCUT2D eigenvalue weighted by molar-refractivity contribution is 0.238. The Morgan fingerprint density at radius 3 is 2.89 bits per heavy atom. The first kappa shape index (κ1) is 13.5. The number of halogens is 1. The number of rotatable bonds is 3. The van der Waals surface area contributed by atoms with Gasteiger partial charge in [0.2, 0.25) is 0 Å². The SMILES string of the molecule is Cc1cc(NC(=O)N[C@@H]2C=C[C@H](CO)C2)ccc1F. The highest BCUT2D eigenvalue weighted by atomic mass is 19.1. The molecule has 3 N–H and O–H groups in total. The third kappa shape index (κ3) is 3.54. The van der Waals surface area contributed by atoms with Crippen molar-refractivity contribution >= 4 is 11.7 Å². The molecule has 1 aromatic rings. The van der Waals surface area contributed by atoms with E-state index in [2.05, 4.69) is 10.6 Å². The van der Waals surface area contributed by atoms with Crippen LogP contribution in [0.1, 0.15) is 12.0 Å². The Kier molecular flexibility index (Phi) is 4.16. The Morgan fingerprint density at radius 2 is 2.26 bits per heavy atom. The normalized spacial score (nSPS) is 21.4. The molecular formula is C14H17FN2O2. The summed E-state index contributed by atoms with van der Waals surface area (Å²) in [5, 5.41) is 14.4. The number of carbonyl (C=O) groups is 1. The molecule has 102 valence electrons. The zero-order chi connectivity index (χ0) is 13.8. The van der Waals surface area contributed by atoms with Gasteiger partial charge in [-0.25, -0.2) is 9.18 Å². The first-order valence-electron chi connectivity index (χ1n) is 6.21. The molecule has 0 heterocycles. The van der Waals surface area contributed by atoms with E-state index in [0.717, 1.165) is 0 Å². The number of hydrogen-bond acceptors (Lipinski definition) is 2. The van der Waals surface area contributed by atoms with Crippen molar-refractivity contribution in [3.63, 3.8) is 0 Å². The number of nitrogens with one attached hydrogen (secondary N) is 2. The zero-order valence-corrected chi connectivity index (χ0v) is 10.7. The van der Waals surface area contributed by atoms with Crippen molar-refractivity contribution < 1.29 is 14.3 Å². The number of aliphatic hydroxyl groups excluding tert-OH is 1. The molecule has 1 aliphatic rings. The Labute approximate surface area is 111 Å². The van der Waals surface area contributed by atoms with Gasteiger partial charge < -0.3 is 15.7 Å². The van der Waals surface area contributed by atoms with Gasteiger partial charge in [0, 0.05) is 24.3 Å². The Balaban J connectivity index is 1.88. The number of aliphatic hydroxyl groups is 1. The van der Waals surface area contributed by atoms with Crippen LogP contribution in [0.3, 0.4) is 0 Å². The fraction of sp³-hybridized carbons (Fsp3) is 0.357. The maximum Gasteiger partial charge on any atom is 0.319 e. The molecule has 0 spiro atoms. The summed E-state index contributed by atoms with van der Waals surface area (Å²) in [6.45, 7) is 1.73. The second kappa shape index (κ2) is 5.84. The molecular weight excluding hydrogens is 247 g/mol. The number of amides is 2. The van der Waals surface area contributed by atoms with E-state index in [4.69, 9.17) is 5.11 Å². The summed E-state index contributed by atoms with van der Waals surface area (Å²) in [6, 6.07) is 4.01. The topological polar surface area (TPSA) is 61.4 Å². The molecule has 0 fully saturated rings. The van der Waals surface area contributed by atoms with Gasteiger partial charge in [-0.15, -0.1) is 0 Å². The lowest BCUT2D eigenvalue weighted by Gasteiger charge is -2.14. The Morgan fingerprint density at radius 1 is 1.47 bits per heavy atom. The minimum absolute atomic E-state index is 0.0707. The lowest BCUT2D eigenvalue weighted by Crippen LogP contribution is -2.36. The van der Waals surface area contributed by atoms with E-state index in [1.165, 1.54) is 12.1 Å². The zero-order valence-electron chi connectivity index (χ0n) is 10.7. The Hall–Kier alpha value is -1.88. The van der Waals surface area contributed by atoms with Crippen LogP contribution in [0.4, 0.5) is 14.9 Å². The standard InChI is InChI=1S/C14H17FN2O2/c1-9-6-11(4-5-13(9)15)16-14(19)17-12-3-2-10(7-12)8-18/h2-6,10,12,18H,7-8H2,1H3,(H2,16,17,19)/t10-,12+/m0/s1. The highest BCUT2D eigenvalue weighted by molar-refractivity contribution is 5.89. The molecule has 1 aliphatic carbocycles. The first-order valence-corrected chi connectivity index (χ1v) is 6.21. The third-order valence-corrected chi connectivity index (χ3v) is 3.14. The molecule has 1 aromatic carbocycles. The van der Waals surface area contributed by atoms with E-state index in [9.17, 15) is 9.18 Å². The van der Waals surface area contributed by atoms with Crippen molar-refractivity contribution in [1.82, 2.24) is 5.32 Å². The van der Waals surface area contributed by atoms with Crippen molar-refractivity contribution in [3.8, 4) is 0 Å². The number of aryl methyl sites for hydroxylation is 1. The first-order chi connectivity index (χ1) is 9.08. The summed E-state index contributed by atoms with van der Waals surface area (Å²) < 4.78 is 13.1. The monoisotopic (exact) mass is 264 g/mol. The average Bonchev–Trinajstić information content (AvgIpc) is 2.81. The van der Waals surface area contributed by atoms with Gasteiger partial charge in [0.05, 0.1) is 0 Å². The van der Waals surface area contributed by atoms with Crippen molar-refractivity contribution in [2.75, 3.05) is 11.9 Å². The van der Waals surface area contributed by atoms with Crippen LogP contribution in [0.25, 0.3) is 0 Å². The average molecular weight is 264 g/mol. The summed E-state index contributed by atoms with van der Waals surface area (Å²) in [5.74, 6) is -0.186. The molecule has 4 nitrogen and oxygen atoms in total. The number of anilines is 1. The van der Waals surface area contributed by atoms with Crippen molar-refractivity contribution in [2.45, 2.75) is 19.4 Å². The fourth-order valence-corrected chi connectivity index (χ4v) is 2.08. The van der Waals surface area contributed by atoms with E-state index in [1.807, 2.05) is 12.2 Å². The molecule has 0 unspecified atom stereocenters. The molecule has 0 radical (unpaired) electrons. The maximum atomic E-state index is 13.1. The molecule has 2 rings (SSSR count). The van der Waals surface area contributed by atoms with Crippen LogP contribution in [-0.2, 0) is 0 Å². The van der Waals surface area contributed by atoms with E-state index in [0.29, 0.717) is 17.7 Å². The van der Waals surface area contributed by atoms with Gasteiger partial charge in [0.15, 0.2) is 0 Å². The molecule has 19 heavy (non-hydrogen) atoms. The van der Waals surface area contributed by atoms with E-state index in [1.54, 1.807) is 13.0 Å². The molecule has 0 saturated heterocycles. The fourth-order valence-electron chi connectivity index (χ4n) is 2.08. The van der Waals surface area contributed by atoms with Crippen LogP contribution in [0, 0.1) is 18.7 Å². The highest BCUT2D eigenvalue weighted by Gasteiger charge is 2.19. The van der Waals surface area contributed by atoms with Gasteiger partial charge in [0.1, 0.15) is 5.82 Å². The summed E-state index contributed by atoms with van der Waals surface area (Å²) in [4.78, 5) is 11.7. The lowest BCUT2D eigenvalue weighted by atomic mass is 10.1. The number of benzene rings is 1. The van der Waals surface area contributed by atoms with Gasteiger partial charge in [-0.3, -0.25) is 0 Å². The quantitative estimate of drug-likeness (QED) is 0.733. The highest BCUT2D eigenvalue weighted by Crippen LogP contribution is 2.17. The van der Waals surface area contributed by atoms with Crippen LogP contribution in [-0.4, -0.2) is 23.8 Å². The summed E-state index contributed by atoms with van der Waals surface area (Å²) in [5.41, 5.74) is 1.04. The van der Waals surface area contributed by atoms with Crippen LogP contribution in [0.15, 0.2) is 30.4 Å². The van der Waals surface area contributed by atoms with Crippen LogP contribution < -0.4 is 10.6 Å². The second-order valence-corrected chi connectivity index (χ2v) is 4.73. The number of carbonyl (C=O) groups excluding carboxylic acids is 1. The van der Waals surface area contributed by atoms with E-state index in [-0.39, 0.29) is 30.4 Å². The van der Waals surface area contributed by atoms with Crippen molar-refractivity contribution in [2.24, 2.45) is 5.92 Å². The molecule has 5 heteroatoms. The van der Waals surface area contributed by atoms with Crippen LogP contribution >= 0.6 is 0 Å². The van der Waals surface area contributed by atoms with E-state index < -0.39 is 0 Å². The summed E-state index contributed by atoms with van der Waals surface area (Å²) in [6.07, 6.45) is 4.47. The number of hydrogen-bond donors (Lipinski definition) is 3. The number of urea groups is 1. The molecule has 0 saturated carbocycles. The maximum absolute atomic E-state index is 13.1.